The van der Waals surface area contributed by atoms with Crippen LogP contribution in [0.2, 0.25) is 0 Å². The number of carboxylic acids is 1. The first-order valence-corrected chi connectivity index (χ1v) is 5.03. The summed E-state index contributed by atoms with van der Waals surface area (Å²) in [5.74, 6) is -1.19. The molecule has 0 heterocycles. The van der Waals surface area contributed by atoms with Gasteiger partial charge in [0.1, 0.15) is 30.5 Å². The predicted octanol–water partition coefficient (Wildman–Crippen LogP) is -4.13. The molecule has 18 heavy (non-hydrogen) atoms. The highest BCUT2D eigenvalue weighted by Crippen LogP contribution is 2.03. The van der Waals surface area contributed by atoms with Gasteiger partial charge in [0.15, 0.2) is 0 Å². The van der Waals surface area contributed by atoms with Crippen molar-refractivity contribution in [3.63, 3.8) is 0 Å². The van der Waals surface area contributed by atoms with E-state index in [1.54, 1.807) is 0 Å². The van der Waals surface area contributed by atoms with E-state index < -0.39 is 49.7 Å². The smallest absolute Gasteiger partial charge is 0.332 e. The van der Waals surface area contributed by atoms with Gasteiger partial charge >= 0.3 is 5.97 Å². The van der Waals surface area contributed by atoms with Crippen molar-refractivity contribution in [3.05, 3.63) is 0 Å². The van der Waals surface area contributed by atoms with Crippen LogP contribution in [0.5, 0.6) is 0 Å². The summed E-state index contributed by atoms with van der Waals surface area (Å²) in [6.45, 7) is -0.255. The van der Waals surface area contributed by atoms with Crippen molar-refractivity contribution in [1.29, 1.82) is 0 Å². The molecule has 0 saturated carbocycles. The van der Waals surface area contributed by atoms with Crippen molar-refractivity contribution in [1.82, 2.24) is 0 Å². The number of carbonyl (C=O) groups is 1. The molecule has 0 aromatic carbocycles. The minimum atomic E-state index is -1.67. The largest absolute Gasteiger partial charge is 0.479 e. The number of aliphatic carboxylic acids is 1. The van der Waals surface area contributed by atoms with Crippen LogP contribution < -0.4 is 0 Å². The highest BCUT2D eigenvalue weighted by Gasteiger charge is 2.29. The first-order chi connectivity index (χ1) is 8.18. The lowest BCUT2D eigenvalue weighted by atomic mass is 10.0. The van der Waals surface area contributed by atoms with E-state index in [4.69, 9.17) is 40.9 Å². The van der Waals surface area contributed by atoms with Crippen LogP contribution in [0.3, 0.4) is 0 Å². The van der Waals surface area contributed by atoms with E-state index in [9.17, 15) is 4.79 Å². The van der Waals surface area contributed by atoms with Gasteiger partial charge in [-0.2, -0.15) is 0 Å². The van der Waals surface area contributed by atoms with Gasteiger partial charge in [-0.15, -0.1) is 0 Å². The quantitative estimate of drug-likeness (QED) is 0.238. The molecule has 110 valence electrons. The van der Waals surface area contributed by atoms with Crippen LogP contribution in [0, 0.1) is 0 Å². The summed E-state index contributed by atoms with van der Waals surface area (Å²) >= 11 is 0. The van der Waals surface area contributed by atoms with Crippen molar-refractivity contribution in [2.24, 2.45) is 0 Å². The number of carboxylic acid groups (broad SMARTS) is 1. The van der Waals surface area contributed by atoms with Crippen molar-refractivity contribution in [3.8, 4) is 0 Å². The number of aliphatic hydroxyl groups is 7. The summed E-state index contributed by atoms with van der Waals surface area (Å²) in [5.41, 5.74) is 0. The molecule has 0 aliphatic carbocycles. The van der Waals surface area contributed by atoms with E-state index in [2.05, 4.69) is 0 Å². The molecule has 0 aromatic rings. The molecule has 0 radical (unpaired) electrons. The second kappa shape index (κ2) is 10.1. The number of aliphatic hydroxyl groups excluding tert-OH is 7. The summed E-state index contributed by atoms with van der Waals surface area (Å²) in [5, 5.41) is 67.9. The first-order valence-electron chi connectivity index (χ1n) is 5.03. The minimum Gasteiger partial charge on any atom is -0.479 e. The molecule has 9 nitrogen and oxygen atoms in total. The zero-order valence-electron chi connectivity index (χ0n) is 9.79. The molecule has 9 heteroatoms. The Bertz CT molecular complexity index is 206. The molecule has 0 aliphatic rings. The summed E-state index contributed by atoms with van der Waals surface area (Å²) in [4.78, 5) is 9.45. The second-order valence-electron chi connectivity index (χ2n) is 3.50. The van der Waals surface area contributed by atoms with Crippen LogP contribution in [0.15, 0.2) is 0 Å². The molecule has 5 atom stereocenters. The van der Waals surface area contributed by atoms with Gasteiger partial charge in [0.2, 0.25) is 0 Å². The summed E-state index contributed by atoms with van der Waals surface area (Å²) in [6, 6.07) is 0. The van der Waals surface area contributed by atoms with Crippen molar-refractivity contribution < 1.29 is 45.6 Å². The van der Waals surface area contributed by atoms with Gasteiger partial charge in [-0.1, -0.05) is 0 Å². The van der Waals surface area contributed by atoms with Gasteiger partial charge in [0, 0.05) is 0 Å². The van der Waals surface area contributed by atoms with Crippen molar-refractivity contribution >= 4 is 5.97 Å². The van der Waals surface area contributed by atoms with Crippen molar-refractivity contribution in [2.75, 3.05) is 13.2 Å². The molecular weight excluding hydrogens is 252 g/mol. The highest BCUT2D eigenvalue weighted by molar-refractivity contribution is 5.71. The maximum atomic E-state index is 9.45. The first kappa shape index (κ1) is 19.5. The number of hydrogen-bond donors (Lipinski definition) is 8. The van der Waals surface area contributed by atoms with Crippen molar-refractivity contribution in [2.45, 2.75) is 37.4 Å². The Labute approximate surface area is 103 Å². The van der Waals surface area contributed by atoms with E-state index in [0.29, 0.717) is 0 Å². The fraction of sp³-hybridized carbons (Fsp3) is 0.889. The van der Waals surface area contributed by atoms with E-state index in [1.165, 1.54) is 6.92 Å². The molecule has 0 aromatic heterocycles. The molecule has 0 saturated heterocycles. The highest BCUT2D eigenvalue weighted by atomic mass is 16.4. The van der Waals surface area contributed by atoms with Crippen LogP contribution in [0.25, 0.3) is 0 Å². The number of hydrogen-bond acceptors (Lipinski definition) is 8. The zero-order chi connectivity index (χ0) is 14.9. The Kier molecular flexibility index (Phi) is 11.0. The van der Waals surface area contributed by atoms with E-state index >= 15 is 0 Å². The normalized spacial score (nSPS) is 18.9. The molecule has 8 N–H and O–H groups in total. The molecule has 0 aliphatic heterocycles. The Hall–Kier alpha value is -0.810. The molecule has 0 rings (SSSR count). The maximum Gasteiger partial charge on any atom is 0.332 e. The molecule has 0 fully saturated rings. The summed E-state index contributed by atoms with van der Waals surface area (Å²) < 4.78 is 0. The van der Waals surface area contributed by atoms with Gasteiger partial charge in [0.25, 0.3) is 0 Å². The van der Waals surface area contributed by atoms with Gasteiger partial charge in [-0.05, 0) is 6.92 Å². The van der Waals surface area contributed by atoms with Crippen LogP contribution in [-0.2, 0) is 4.79 Å². The third-order valence-electron chi connectivity index (χ3n) is 1.87. The topological polar surface area (TPSA) is 179 Å². The standard InChI is InChI=1S/C6H14O6.C3H6O3/c7-1-3(9)5(11)6(12)4(10)2-8;1-2(4)3(5)6/h3-12H,1-2H2;2,4H,1H3,(H,5,6)/t3-,4-,5-,6-;/m1./s1. The van der Waals surface area contributed by atoms with Gasteiger partial charge in [-0.3, -0.25) is 0 Å². The molecule has 1 unspecified atom stereocenters. The lowest BCUT2D eigenvalue weighted by molar-refractivity contribution is -0.145. The van der Waals surface area contributed by atoms with E-state index in [-0.39, 0.29) is 0 Å². The third-order valence-corrected chi connectivity index (χ3v) is 1.87. The Balaban J connectivity index is 0. The predicted molar refractivity (Wildman–Crippen MR) is 57.5 cm³/mol. The number of rotatable bonds is 6. The molecule has 0 spiro atoms. The minimum absolute atomic E-state index is 0.726. The molecule has 0 bridgehead atoms. The summed E-state index contributed by atoms with van der Waals surface area (Å²) in [6.07, 6.45) is -7.62. The SMILES string of the molecule is CC(O)C(=O)O.OC[C@@H](O)[C@@H](O)[C@H](O)[C@H](O)CO. The monoisotopic (exact) mass is 272 g/mol. The molecular formula is C9H20O9. The van der Waals surface area contributed by atoms with Crippen LogP contribution in [0.4, 0.5) is 0 Å². The average molecular weight is 272 g/mol. The Morgan fingerprint density at radius 3 is 1.22 bits per heavy atom. The zero-order valence-corrected chi connectivity index (χ0v) is 9.79. The van der Waals surface area contributed by atoms with E-state index in [0.717, 1.165) is 0 Å². The van der Waals surface area contributed by atoms with Gasteiger partial charge in [0.05, 0.1) is 13.2 Å². The van der Waals surface area contributed by atoms with Crippen LogP contribution in [0.1, 0.15) is 6.92 Å². The fourth-order valence-corrected chi connectivity index (χ4v) is 0.671. The maximum absolute atomic E-state index is 9.45. The Morgan fingerprint density at radius 1 is 0.889 bits per heavy atom. The van der Waals surface area contributed by atoms with Gasteiger partial charge in [-0.25, -0.2) is 4.79 Å². The Morgan fingerprint density at radius 2 is 1.11 bits per heavy atom. The van der Waals surface area contributed by atoms with Gasteiger partial charge < -0.3 is 40.9 Å². The second-order valence-corrected chi connectivity index (χ2v) is 3.50. The van der Waals surface area contributed by atoms with Crippen LogP contribution >= 0.6 is 0 Å². The summed E-state index contributed by atoms with van der Waals surface area (Å²) in [7, 11) is 0. The third kappa shape index (κ3) is 8.31. The van der Waals surface area contributed by atoms with Crippen LogP contribution in [-0.4, -0.2) is 90.6 Å². The van der Waals surface area contributed by atoms with E-state index in [1.807, 2.05) is 0 Å². The fourth-order valence-electron chi connectivity index (χ4n) is 0.671. The lowest BCUT2D eigenvalue weighted by Crippen LogP contribution is -2.46. The average Bonchev–Trinajstić information content (AvgIpc) is 2.35. The molecule has 0 amide bonds. The lowest BCUT2D eigenvalue weighted by Gasteiger charge is -2.24.